The summed E-state index contributed by atoms with van der Waals surface area (Å²) in [5.41, 5.74) is 4.49. The van der Waals surface area contributed by atoms with Crippen LogP contribution in [0.15, 0.2) is 97.1 Å². The first-order valence-corrected chi connectivity index (χ1v) is 13.6. The predicted molar refractivity (Wildman–Crippen MR) is 162 cm³/mol. The third-order valence-electron chi connectivity index (χ3n) is 5.82. The molecule has 0 spiro atoms. The van der Waals surface area contributed by atoms with E-state index in [0.717, 1.165) is 28.9 Å². The van der Waals surface area contributed by atoms with Crippen molar-refractivity contribution in [2.45, 2.75) is 72.7 Å². The average Bonchev–Trinajstić information content (AvgIpc) is 2.95. The lowest BCUT2D eigenvalue weighted by molar-refractivity contribution is -0.160. The first kappa shape index (κ1) is 32.1. The highest BCUT2D eigenvalue weighted by Gasteiger charge is 2.25. The standard InChI is InChI=1S/C31H34O5.C4H8/c1-23(2)20-24-10-12-25(13-11-24)21-34-28-16-14-26(15-17-28)22-35-29(32)18-19-30(33)36-31(3,4)27-8-6-5-7-9-27;1-3-4-2/h5-17,20H,18-19,21-22H2,1-4H3;3H,1,4H2,2H3. The molecular formula is C35H42O5. The van der Waals surface area contributed by atoms with Crippen LogP contribution in [-0.4, -0.2) is 11.9 Å². The van der Waals surface area contributed by atoms with E-state index in [1.165, 1.54) is 11.1 Å². The second kappa shape index (κ2) is 16.8. The van der Waals surface area contributed by atoms with Gasteiger partial charge in [-0.05, 0) is 68.5 Å². The van der Waals surface area contributed by atoms with Crippen LogP contribution in [0.1, 0.15) is 76.1 Å². The maximum Gasteiger partial charge on any atom is 0.307 e. The molecule has 0 aromatic heterocycles. The SMILES string of the molecule is C=CCC.CC(C)=Cc1ccc(COc2ccc(COC(=O)CCC(=O)OC(C)(C)c3ccccc3)cc2)cc1. The third kappa shape index (κ3) is 12.2. The summed E-state index contributed by atoms with van der Waals surface area (Å²) in [6, 6.07) is 25.2. The van der Waals surface area contributed by atoms with E-state index in [0.29, 0.717) is 6.61 Å². The molecule has 0 bridgehead atoms. The van der Waals surface area contributed by atoms with Crippen molar-refractivity contribution in [3.8, 4) is 5.75 Å². The van der Waals surface area contributed by atoms with Crippen molar-refractivity contribution in [3.05, 3.63) is 119 Å². The molecule has 3 rings (SSSR count). The second-order valence-electron chi connectivity index (χ2n) is 10.1. The molecule has 0 saturated carbocycles. The van der Waals surface area contributed by atoms with E-state index in [2.05, 4.69) is 57.7 Å². The van der Waals surface area contributed by atoms with Gasteiger partial charge in [0.15, 0.2) is 0 Å². The summed E-state index contributed by atoms with van der Waals surface area (Å²) in [5.74, 6) is -0.141. The van der Waals surface area contributed by atoms with Crippen LogP contribution in [0.2, 0.25) is 0 Å². The van der Waals surface area contributed by atoms with Crippen molar-refractivity contribution in [1.29, 1.82) is 0 Å². The van der Waals surface area contributed by atoms with E-state index in [1.54, 1.807) is 0 Å². The van der Waals surface area contributed by atoms with Crippen molar-refractivity contribution in [1.82, 2.24) is 0 Å². The first-order chi connectivity index (χ1) is 19.1. The quantitative estimate of drug-likeness (QED) is 0.169. The second-order valence-corrected chi connectivity index (χ2v) is 10.1. The number of hydrogen-bond donors (Lipinski definition) is 0. The van der Waals surface area contributed by atoms with Gasteiger partial charge in [0.25, 0.3) is 0 Å². The first-order valence-electron chi connectivity index (χ1n) is 13.6. The van der Waals surface area contributed by atoms with Gasteiger partial charge in [-0.1, -0.05) is 91.4 Å². The van der Waals surface area contributed by atoms with Gasteiger partial charge in [0.1, 0.15) is 24.6 Å². The Morgan fingerprint density at radius 1 is 0.800 bits per heavy atom. The van der Waals surface area contributed by atoms with Crippen LogP contribution < -0.4 is 4.74 Å². The molecule has 0 fully saturated rings. The van der Waals surface area contributed by atoms with Gasteiger partial charge in [0.05, 0.1) is 12.8 Å². The number of hydrogen-bond acceptors (Lipinski definition) is 5. The van der Waals surface area contributed by atoms with E-state index in [1.807, 2.05) is 74.5 Å². The summed E-state index contributed by atoms with van der Waals surface area (Å²) < 4.78 is 16.7. The van der Waals surface area contributed by atoms with E-state index in [9.17, 15) is 9.59 Å². The molecule has 0 atom stereocenters. The lowest BCUT2D eigenvalue weighted by atomic mass is 9.98. The molecule has 0 heterocycles. The lowest BCUT2D eigenvalue weighted by Gasteiger charge is -2.25. The summed E-state index contributed by atoms with van der Waals surface area (Å²) >= 11 is 0. The predicted octanol–water partition coefficient (Wildman–Crippen LogP) is 8.57. The summed E-state index contributed by atoms with van der Waals surface area (Å²) in [7, 11) is 0. The zero-order valence-electron chi connectivity index (χ0n) is 24.4. The molecule has 0 N–H and O–H groups in total. The Kier molecular flexibility index (Phi) is 13.4. The number of carbonyl (C=O) groups excluding carboxylic acids is 2. The molecule has 0 aliphatic heterocycles. The van der Waals surface area contributed by atoms with Crippen molar-refractivity contribution in [3.63, 3.8) is 0 Å². The summed E-state index contributed by atoms with van der Waals surface area (Å²) in [6.45, 7) is 14.0. The fourth-order valence-corrected chi connectivity index (χ4v) is 3.57. The van der Waals surface area contributed by atoms with E-state index < -0.39 is 17.5 Å². The van der Waals surface area contributed by atoms with Gasteiger partial charge in [0, 0.05) is 0 Å². The molecule has 0 unspecified atom stereocenters. The van der Waals surface area contributed by atoms with Crippen LogP contribution in [-0.2, 0) is 37.9 Å². The smallest absolute Gasteiger partial charge is 0.307 e. The van der Waals surface area contributed by atoms with Crippen molar-refractivity contribution in [2.75, 3.05) is 0 Å². The minimum absolute atomic E-state index is 0.0305. The number of ether oxygens (including phenoxy) is 3. The van der Waals surface area contributed by atoms with Crippen LogP contribution in [0.4, 0.5) is 0 Å². The molecule has 0 saturated heterocycles. The maximum absolute atomic E-state index is 12.2. The third-order valence-corrected chi connectivity index (χ3v) is 5.82. The number of benzene rings is 3. The number of esters is 2. The van der Waals surface area contributed by atoms with Crippen molar-refractivity contribution in [2.24, 2.45) is 0 Å². The number of allylic oxidation sites excluding steroid dienone is 2. The molecule has 0 aliphatic carbocycles. The molecule has 3 aromatic rings. The topological polar surface area (TPSA) is 61.8 Å². The number of carbonyl (C=O) groups is 2. The highest BCUT2D eigenvalue weighted by Crippen LogP contribution is 2.25. The Balaban J connectivity index is 0.00000131. The molecule has 5 nitrogen and oxygen atoms in total. The molecule has 0 amide bonds. The van der Waals surface area contributed by atoms with Crippen LogP contribution in [0.3, 0.4) is 0 Å². The zero-order valence-corrected chi connectivity index (χ0v) is 24.4. The van der Waals surface area contributed by atoms with Gasteiger partial charge in [-0.15, -0.1) is 6.58 Å². The van der Waals surface area contributed by atoms with Crippen LogP contribution in [0.5, 0.6) is 5.75 Å². The fraction of sp³-hybridized carbons (Fsp3) is 0.314. The highest BCUT2D eigenvalue weighted by molar-refractivity contribution is 5.78. The molecular weight excluding hydrogens is 500 g/mol. The minimum Gasteiger partial charge on any atom is -0.489 e. The van der Waals surface area contributed by atoms with Gasteiger partial charge in [0.2, 0.25) is 0 Å². The Morgan fingerprint density at radius 3 is 1.93 bits per heavy atom. The van der Waals surface area contributed by atoms with Crippen LogP contribution in [0, 0.1) is 0 Å². The van der Waals surface area contributed by atoms with E-state index in [4.69, 9.17) is 14.2 Å². The van der Waals surface area contributed by atoms with Crippen molar-refractivity contribution < 1.29 is 23.8 Å². The zero-order chi connectivity index (χ0) is 29.4. The minimum atomic E-state index is -0.763. The van der Waals surface area contributed by atoms with Gasteiger partial charge in [-0.25, -0.2) is 0 Å². The van der Waals surface area contributed by atoms with E-state index >= 15 is 0 Å². The van der Waals surface area contributed by atoms with Crippen LogP contribution >= 0.6 is 0 Å². The molecule has 212 valence electrons. The van der Waals surface area contributed by atoms with Crippen LogP contribution in [0.25, 0.3) is 6.08 Å². The number of rotatable bonds is 12. The van der Waals surface area contributed by atoms with Gasteiger partial charge < -0.3 is 14.2 Å². The normalized spacial score (nSPS) is 10.4. The van der Waals surface area contributed by atoms with E-state index in [-0.39, 0.29) is 19.4 Å². The summed E-state index contributed by atoms with van der Waals surface area (Å²) in [4.78, 5) is 24.3. The Morgan fingerprint density at radius 2 is 1.35 bits per heavy atom. The van der Waals surface area contributed by atoms with Gasteiger partial charge in [-0.2, -0.15) is 0 Å². The Hall–Kier alpha value is -4.12. The maximum atomic E-state index is 12.2. The largest absolute Gasteiger partial charge is 0.489 e. The Bertz CT molecular complexity index is 1220. The molecule has 5 heteroatoms. The highest BCUT2D eigenvalue weighted by atomic mass is 16.6. The average molecular weight is 543 g/mol. The molecule has 0 aliphatic rings. The molecule has 3 aromatic carbocycles. The molecule has 40 heavy (non-hydrogen) atoms. The Labute approximate surface area is 239 Å². The fourth-order valence-electron chi connectivity index (χ4n) is 3.57. The summed E-state index contributed by atoms with van der Waals surface area (Å²) in [6.07, 6.45) is 5.03. The van der Waals surface area contributed by atoms with Gasteiger partial charge >= 0.3 is 11.9 Å². The van der Waals surface area contributed by atoms with Crippen molar-refractivity contribution >= 4 is 18.0 Å². The summed E-state index contributed by atoms with van der Waals surface area (Å²) in [5, 5.41) is 0. The monoisotopic (exact) mass is 542 g/mol. The molecule has 0 radical (unpaired) electrons. The van der Waals surface area contributed by atoms with Gasteiger partial charge in [-0.3, -0.25) is 9.59 Å². The lowest BCUT2D eigenvalue weighted by Crippen LogP contribution is -2.25.